The van der Waals surface area contributed by atoms with E-state index in [9.17, 15) is 15.0 Å². The van der Waals surface area contributed by atoms with Gasteiger partial charge in [0.05, 0.1) is 14.0 Å². The third kappa shape index (κ3) is 2.30. The Kier molecular flexibility index (Phi) is 3.22. The van der Waals surface area contributed by atoms with E-state index in [4.69, 9.17) is 4.84 Å². The molecule has 0 saturated heterocycles. The fraction of sp³-hybridized carbons (Fsp3) is 0.286. The van der Waals surface area contributed by atoms with Gasteiger partial charge in [0, 0.05) is 5.41 Å². The van der Waals surface area contributed by atoms with Crippen LogP contribution in [0.15, 0.2) is 36.9 Å². The molecule has 21 heavy (non-hydrogen) atoms. The molecular formula is C14H13NO4S2. The Hall–Kier alpha value is -1.60. The summed E-state index contributed by atoms with van der Waals surface area (Å²) in [6.45, 7) is 5.84. The molecular weight excluding hydrogens is 310 g/mol. The van der Waals surface area contributed by atoms with E-state index >= 15 is 0 Å². The molecule has 0 saturated carbocycles. The predicted octanol–water partition coefficient (Wildman–Crippen LogP) is 3.47. The van der Waals surface area contributed by atoms with E-state index < -0.39 is 5.97 Å². The van der Waals surface area contributed by atoms with Crippen LogP contribution in [0.1, 0.15) is 20.8 Å². The van der Waals surface area contributed by atoms with E-state index in [1.54, 1.807) is 0 Å². The maximum Gasteiger partial charge on any atom is 0.369 e. The maximum atomic E-state index is 12.0. The highest BCUT2D eigenvalue weighted by Crippen LogP contribution is 2.59. The minimum Gasteiger partial charge on any atom is -0.507 e. The fourth-order valence-corrected chi connectivity index (χ4v) is 4.61. The Bertz CT molecular complexity index is 683. The molecule has 7 heteroatoms. The van der Waals surface area contributed by atoms with E-state index in [1.165, 1.54) is 35.7 Å². The zero-order valence-electron chi connectivity index (χ0n) is 11.6. The van der Waals surface area contributed by atoms with Gasteiger partial charge in [-0.15, -0.1) is 0 Å². The van der Waals surface area contributed by atoms with Crippen LogP contribution in [0.2, 0.25) is 0 Å². The highest BCUT2D eigenvalue weighted by molar-refractivity contribution is 8.25. The lowest BCUT2D eigenvalue weighted by molar-refractivity contribution is -0.136. The van der Waals surface area contributed by atoms with Crippen LogP contribution in [-0.4, -0.2) is 21.9 Å². The van der Waals surface area contributed by atoms with Crippen molar-refractivity contribution in [2.75, 3.05) is 0 Å². The summed E-state index contributed by atoms with van der Waals surface area (Å²) in [7, 11) is 0. The van der Waals surface area contributed by atoms with Crippen LogP contribution in [0.5, 0.6) is 11.5 Å². The molecule has 1 aromatic rings. The third-order valence-electron chi connectivity index (χ3n) is 3.04. The van der Waals surface area contributed by atoms with E-state index in [0.717, 1.165) is 0 Å². The molecule has 0 fully saturated rings. The van der Waals surface area contributed by atoms with E-state index in [1.807, 2.05) is 20.8 Å². The Morgan fingerprint density at radius 1 is 1.10 bits per heavy atom. The van der Waals surface area contributed by atoms with Crippen molar-refractivity contribution in [3.8, 4) is 11.5 Å². The number of nitrogens with zero attached hydrogens (tertiary/aromatic N) is 1. The normalized spacial score (nSPS) is 17.9. The Labute approximate surface area is 130 Å². The molecule has 2 aliphatic heterocycles. The van der Waals surface area contributed by atoms with Crippen LogP contribution in [0, 0.1) is 5.41 Å². The average Bonchev–Trinajstić information content (AvgIpc) is 2.97. The van der Waals surface area contributed by atoms with Crippen molar-refractivity contribution >= 4 is 35.2 Å². The van der Waals surface area contributed by atoms with Crippen LogP contribution in [0.4, 0.5) is 0 Å². The molecule has 0 atom stereocenters. The quantitative estimate of drug-likeness (QED) is 0.432. The highest BCUT2D eigenvalue weighted by Gasteiger charge is 2.39. The number of carbonyl (C=O) groups excluding carboxylic acids is 1. The van der Waals surface area contributed by atoms with Gasteiger partial charge in [-0.25, -0.2) is 4.79 Å². The molecule has 1 aromatic carbocycles. The number of hydrogen-bond donors (Lipinski definition) is 2. The first-order valence-electron chi connectivity index (χ1n) is 6.24. The van der Waals surface area contributed by atoms with Crippen molar-refractivity contribution in [3.05, 3.63) is 21.9 Å². The summed E-state index contributed by atoms with van der Waals surface area (Å²) in [5.74, 6) is -0.338. The summed E-state index contributed by atoms with van der Waals surface area (Å²) < 4.78 is 0.665. The number of hydrogen-bond acceptors (Lipinski definition) is 7. The third-order valence-corrected chi connectivity index (χ3v) is 5.68. The molecule has 2 aliphatic rings. The molecule has 3 rings (SSSR count). The van der Waals surface area contributed by atoms with Gasteiger partial charge in [0.25, 0.3) is 0 Å². The lowest BCUT2D eigenvalue weighted by Gasteiger charge is -2.17. The van der Waals surface area contributed by atoms with Crippen LogP contribution in [0.25, 0.3) is 0 Å². The number of fused-ring (bicyclic) bond motifs is 1. The van der Waals surface area contributed by atoms with Crippen molar-refractivity contribution in [1.29, 1.82) is 0 Å². The first kappa shape index (κ1) is 14.3. The zero-order valence-corrected chi connectivity index (χ0v) is 13.3. The van der Waals surface area contributed by atoms with Gasteiger partial charge in [-0.2, -0.15) is 0 Å². The number of rotatable bonds is 0. The monoisotopic (exact) mass is 323 g/mol. The van der Waals surface area contributed by atoms with E-state index in [0.29, 0.717) is 25.3 Å². The van der Waals surface area contributed by atoms with Gasteiger partial charge in [0.2, 0.25) is 0 Å². The molecule has 0 amide bonds. The lowest BCUT2D eigenvalue weighted by Crippen LogP contribution is -2.22. The molecule has 0 spiro atoms. The topological polar surface area (TPSA) is 79.1 Å². The van der Waals surface area contributed by atoms with Gasteiger partial charge in [0.15, 0.2) is 0 Å². The average molecular weight is 323 g/mol. The summed E-state index contributed by atoms with van der Waals surface area (Å²) in [4.78, 5) is 17.9. The van der Waals surface area contributed by atoms with Gasteiger partial charge in [0.1, 0.15) is 22.8 Å². The molecule has 0 aliphatic carbocycles. The second kappa shape index (κ2) is 4.71. The van der Waals surface area contributed by atoms with Crippen LogP contribution >= 0.6 is 23.5 Å². The Morgan fingerprint density at radius 3 is 2.10 bits per heavy atom. The molecule has 0 unspecified atom stereocenters. The van der Waals surface area contributed by atoms with Crippen molar-refractivity contribution in [2.24, 2.45) is 10.6 Å². The number of oxime groups is 1. The first-order chi connectivity index (χ1) is 9.79. The summed E-state index contributed by atoms with van der Waals surface area (Å²) in [5, 5.41) is 23.7. The van der Waals surface area contributed by atoms with Crippen LogP contribution < -0.4 is 0 Å². The fourth-order valence-electron chi connectivity index (χ4n) is 2.01. The predicted molar refractivity (Wildman–Crippen MR) is 81.5 cm³/mol. The van der Waals surface area contributed by atoms with Crippen molar-refractivity contribution in [3.63, 3.8) is 0 Å². The first-order valence-corrected chi connectivity index (χ1v) is 7.87. The maximum absolute atomic E-state index is 12.0. The summed E-state index contributed by atoms with van der Waals surface area (Å²) >= 11 is 2.50. The molecule has 2 N–H and O–H groups in total. The number of benzene rings is 1. The Balaban J connectivity index is 2.10. The second-order valence-corrected chi connectivity index (χ2v) is 8.00. The van der Waals surface area contributed by atoms with Gasteiger partial charge in [-0.3, -0.25) is 0 Å². The SMILES string of the molecule is CC(C)(C)C1=NOC(=O)C1=C1Sc2c(O)ccc(O)c2S1. The molecule has 2 heterocycles. The standard InChI is InChI=1S/C14H13NO4S2/c1-14(2,3)11-8(12(18)19-15-11)13-20-9-6(16)4-5-7(17)10(9)21-13/h4-5,16-17H,1-3H3. The smallest absolute Gasteiger partial charge is 0.369 e. The van der Waals surface area contributed by atoms with Crippen LogP contribution in [0.3, 0.4) is 0 Å². The molecule has 0 aromatic heterocycles. The molecule has 0 radical (unpaired) electrons. The van der Waals surface area contributed by atoms with Crippen molar-refractivity contribution in [1.82, 2.24) is 0 Å². The number of phenolic OH excluding ortho intramolecular Hbond substituents is 2. The Morgan fingerprint density at radius 2 is 1.62 bits per heavy atom. The summed E-state index contributed by atoms with van der Waals surface area (Å²) in [6.07, 6.45) is 0. The summed E-state index contributed by atoms with van der Waals surface area (Å²) in [5.41, 5.74) is 0.649. The number of aromatic hydroxyl groups is 2. The minimum absolute atomic E-state index is 0.0801. The van der Waals surface area contributed by atoms with E-state index in [2.05, 4.69) is 5.16 Å². The minimum atomic E-state index is -0.498. The number of carbonyl (C=O) groups is 1. The molecule has 0 bridgehead atoms. The molecule has 5 nitrogen and oxygen atoms in total. The van der Waals surface area contributed by atoms with Crippen molar-refractivity contribution < 1.29 is 19.8 Å². The highest BCUT2D eigenvalue weighted by atomic mass is 32.2. The number of phenols is 2. The summed E-state index contributed by atoms with van der Waals surface area (Å²) in [6, 6.07) is 2.86. The second-order valence-electron chi connectivity index (χ2n) is 5.70. The lowest BCUT2D eigenvalue weighted by atomic mass is 9.86. The molecule has 110 valence electrons. The van der Waals surface area contributed by atoms with Gasteiger partial charge < -0.3 is 15.1 Å². The van der Waals surface area contributed by atoms with Gasteiger partial charge in [-0.05, 0) is 12.1 Å². The van der Waals surface area contributed by atoms with Crippen molar-refractivity contribution in [2.45, 2.75) is 30.6 Å². The largest absolute Gasteiger partial charge is 0.507 e. The van der Waals surface area contributed by atoms with Gasteiger partial charge >= 0.3 is 5.97 Å². The zero-order chi connectivity index (χ0) is 15.4. The van der Waals surface area contributed by atoms with Gasteiger partial charge in [-0.1, -0.05) is 49.5 Å². The van der Waals surface area contributed by atoms with E-state index in [-0.39, 0.29) is 16.9 Å². The number of thioether (sulfide) groups is 2. The van der Waals surface area contributed by atoms with Crippen LogP contribution in [-0.2, 0) is 9.63 Å².